The number of hydrogen-bond acceptors (Lipinski definition) is 2. The fourth-order valence-corrected chi connectivity index (χ4v) is 39.2. The zero-order valence-electron chi connectivity index (χ0n) is 32.0. The number of amides is 2. The summed E-state index contributed by atoms with van der Waals surface area (Å²) in [5.74, 6) is 0.173. The summed E-state index contributed by atoms with van der Waals surface area (Å²) in [4.78, 5) is 25.1. The van der Waals surface area contributed by atoms with E-state index >= 15 is 0 Å². The first kappa shape index (κ1) is 38.5. The van der Waals surface area contributed by atoms with E-state index in [2.05, 4.69) is 153 Å². The molecule has 0 heterocycles. The molecular formula is C44H50BCl2HfN2O2. The third-order valence-electron chi connectivity index (χ3n) is 11.9. The molecule has 2 unspecified atom stereocenters. The van der Waals surface area contributed by atoms with Crippen LogP contribution < -0.4 is 10.5 Å². The molecule has 0 saturated carbocycles. The van der Waals surface area contributed by atoms with Crippen LogP contribution in [-0.4, -0.2) is 17.4 Å². The van der Waals surface area contributed by atoms with Crippen LogP contribution in [-0.2, 0) is 25.5 Å². The summed E-state index contributed by atoms with van der Waals surface area (Å²) in [7, 11) is 17.4. The topological polar surface area (TPSA) is 58.2 Å². The number of benzene rings is 4. The van der Waals surface area contributed by atoms with E-state index in [1.54, 1.807) is 0 Å². The quantitative estimate of drug-likeness (QED) is 0.116. The Labute approximate surface area is 318 Å². The van der Waals surface area contributed by atoms with E-state index in [1.807, 2.05) is 0 Å². The van der Waals surface area contributed by atoms with Crippen LogP contribution >= 0.6 is 17.2 Å². The molecule has 0 aliphatic heterocycles. The van der Waals surface area contributed by atoms with Crippen molar-refractivity contribution in [3.05, 3.63) is 127 Å². The Kier molecular flexibility index (Phi) is 10.5. The zero-order chi connectivity index (χ0) is 37.9. The van der Waals surface area contributed by atoms with Crippen molar-refractivity contribution in [2.75, 3.05) is 0 Å². The van der Waals surface area contributed by atoms with Gasteiger partial charge in [0.25, 0.3) is 0 Å². The Balaban J connectivity index is 1.71. The summed E-state index contributed by atoms with van der Waals surface area (Å²) in [6.07, 6.45) is 5.88. The van der Waals surface area contributed by atoms with Gasteiger partial charge in [-0.3, -0.25) is 0 Å². The average molecular weight is 899 g/mol. The van der Waals surface area contributed by atoms with Crippen LogP contribution in [0.4, 0.5) is 0 Å². The predicted octanol–water partition coefficient (Wildman–Crippen LogP) is 11.2. The molecule has 4 aromatic carbocycles. The number of allylic oxidation sites excluding steroid dienone is 2. The molecule has 6 rings (SSSR count). The molecular weight excluding hydrogens is 849 g/mol. The molecule has 0 aromatic heterocycles. The van der Waals surface area contributed by atoms with Crippen LogP contribution in [0.25, 0.3) is 34.4 Å². The Morgan fingerprint density at radius 1 is 0.615 bits per heavy atom. The van der Waals surface area contributed by atoms with Crippen LogP contribution in [0, 0.1) is 53.4 Å². The first-order valence-corrected chi connectivity index (χ1v) is 33.5. The molecule has 4 nitrogen and oxygen atoms in total. The molecule has 0 radical (unpaired) electrons. The van der Waals surface area contributed by atoms with E-state index in [1.165, 1.54) is 44.5 Å². The van der Waals surface area contributed by atoms with Gasteiger partial charge in [0.2, 0.25) is 0 Å². The van der Waals surface area contributed by atoms with Crippen LogP contribution in [0.1, 0.15) is 90.7 Å². The molecule has 2 N–H and O–H groups in total. The molecule has 0 spiro atoms. The van der Waals surface area contributed by atoms with Gasteiger partial charge in [-0.05, 0) is 0 Å². The minimum atomic E-state index is -6.08. The number of aryl methyl sites for hydroxylation is 4. The summed E-state index contributed by atoms with van der Waals surface area (Å²) in [6.45, 7) is 21.7. The average Bonchev–Trinajstić information content (AvgIpc) is 3.70. The van der Waals surface area contributed by atoms with Gasteiger partial charge in [0.05, 0.1) is 0 Å². The van der Waals surface area contributed by atoms with Gasteiger partial charge in [-0.1, -0.05) is 0 Å². The molecule has 52 heavy (non-hydrogen) atoms. The van der Waals surface area contributed by atoms with Gasteiger partial charge in [0, 0.05) is 0 Å². The van der Waals surface area contributed by atoms with Crippen LogP contribution in [0.5, 0.6) is 0 Å². The number of carbonyl (C=O) groups is 2. The van der Waals surface area contributed by atoms with E-state index in [9.17, 15) is 9.59 Å². The molecule has 269 valence electrons. The van der Waals surface area contributed by atoms with Crippen molar-refractivity contribution >= 4 is 46.7 Å². The number of rotatable bonds is 11. The van der Waals surface area contributed by atoms with Crippen molar-refractivity contribution in [3.63, 3.8) is 0 Å². The summed E-state index contributed by atoms with van der Waals surface area (Å²) in [5.41, 5.74) is 18.6. The van der Waals surface area contributed by atoms with Crippen molar-refractivity contribution < 1.29 is 25.5 Å². The van der Waals surface area contributed by atoms with Crippen LogP contribution in [0.3, 0.4) is 0 Å². The van der Waals surface area contributed by atoms with Gasteiger partial charge in [-0.15, -0.1) is 0 Å². The number of halogens is 2. The molecule has 2 amide bonds. The van der Waals surface area contributed by atoms with Gasteiger partial charge in [-0.25, -0.2) is 0 Å². The molecule has 2 aliphatic rings. The standard InChI is InChI=1S/2C21H23.C2H3BN2O2.2ClH.Hf/c2*1-13(2)18-11-17-7-6-8-19(21(17)12-18)20-10-14(3)9-15(4)16(20)5;6-1-4-3-5-2-7;;;/h2*6-13H,1-5H3;1-2H,(H-,4,5,6,7);2*1H;/q;;;;;+1/p-1. The summed E-state index contributed by atoms with van der Waals surface area (Å²) >= 11 is -6.08. The Morgan fingerprint density at radius 2 is 1.00 bits per heavy atom. The number of hydrogen-bond donors (Lipinski definition) is 2. The van der Waals surface area contributed by atoms with E-state index in [-0.39, 0.29) is 11.8 Å². The third kappa shape index (κ3) is 6.11. The van der Waals surface area contributed by atoms with Crippen LogP contribution in [0.15, 0.2) is 71.8 Å². The SMILES string of the molecule is Cc1cc(C)c(C)c(-c2cccc3c2C=C(C(C)C)[CH]3[Hf]([Cl])([Cl])([B](NC=O)NC=O)[CH]2C(C(C)C)=Cc3c(-c4cc(C)cc(C)c4C)cccc32)c1. The zero-order valence-corrected chi connectivity index (χ0v) is 37.1. The van der Waals surface area contributed by atoms with Gasteiger partial charge in [0.15, 0.2) is 0 Å². The van der Waals surface area contributed by atoms with Gasteiger partial charge >= 0.3 is 321 Å². The number of fused-ring (bicyclic) bond motifs is 2. The first-order chi connectivity index (χ1) is 24.5. The fraction of sp³-hybridized carbons (Fsp3) is 0.318. The van der Waals surface area contributed by atoms with Crippen molar-refractivity contribution in [3.8, 4) is 22.3 Å². The Hall–Kier alpha value is -3.18. The molecule has 2 aliphatic carbocycles. The molecule has 0 saturated heterocycles. The molecule has 8 heteroatoms. The normalized spacial score (nSPS) is 17.2. The summed E-state index contributed by atoms with van der Waals surface area (Å²) in [5, 5.41) is 5.99. The summed E-state index contributed by atoms with van der Waals surface area (Å²) in [6, 6.07) is 21.9. The van der Waals surface area contributed by atoms with Gasteiger partial charge < -0.3 is 0 Å². The van der Waals surface area contributed by atoms with Crippen LogP contribution in [0.2, 0.25) is 0 Å². The number of carbonyl (C=O) groups excluding carboxylic acids is 2. The van der Waals surface area contributed by atoms with Gasteiger partial charge in [0.1, 0.15) is 0 Å². The molecule has 4 aromatic rings. The fourth-order valence-electron chi connectivity index (χ4n) is 9.19. The maximum absolute atomic E-state index is 12.5. The van der Waals surface area contributed by atoms with E-state index < -0.39 is 27.8 Å². The van der Waals surface area contributed by atoms with Gasteiger partial charge in [-0.2, -0.15) is 0 Å². The number of nitrogens with one attached hydrogen (secondary N) is 2. The summed E-state index contributed by atoms with van der Waals surface area (Å²) < 4.78 is -1.77. The van der Waals surface area contributed by atoms with E-state index in [4.69, 9.17) is 17.2 Å². The van der Waals surface area contributed by atoms with Crippen molar-refractivity contribution in [2.45, 2.75) is 76.6 Å². The second kappa shape index (κ2) is 14.2. The Bertz CT molecular complexity index is 2040. The third-order valence-corrected chi connectivity index (χ3v) is 40.3. The molecule has 2 atom stereocenters. The monoisotopic (exact) mass is 899 g/mol. The van der Waals surface area contributed by atoms with E-state index in [0.717, 1.165) is 44.5 Å². The predicted molar refractivity (Wildman–Crippen MR) is 219 cm³/mol. The Morgan fingerprint density at radius 3 is 1.35 bits per heavy atom. The second-order valence-electron chi connectivity index (χ2n) is 15.8. The first-order valence-electron chi connectivity index (χ1n) is 18.4. The minimum absolute atomic E-state index is 0.0864. The van der Waals surface area contributed by atoms with Crippen molar-refractivity contribution in [1.29, 1.82) is 0 Å². The maximum atomic E-state index is 12.5. The van der Waals surface area contributed by atoms with Crippen molar-refractivity contribution in [1.82, 2.24) is 10.5 Å². The molecule has 0 bridgehead atoms. The van der Waals surface area contributed by atoms with E-state index in [0.29, 0.717) is 12.8 Å². The molecule has 0 fully saturated rings. The van der Waals surface area contributed by atoms with Crippen molar-refractivity contribution in [2.24, 2.45) is 11.8 Å². The second-order valence-corrected chi connectivity index (χ2v) is 46.2.